The van der Waals surface area contributed by atoms with Crippen molar-refractivity contribution in [3.05, 3.63) is 30.1 Å². The lowest BCUT2D eigenvalue weighted by atomic mass is 10.2. The molecule has 0 spiro atoms. The van der Waals surface area contributed by atoms with Crippen LogP contribution in [0.3, 0.4) is 0 Å². The Morgan fingerprint density at radius 3 is 2.65 bits per heavy atom. The van der Waals surface area contributed by atoms with Crippen LogP contribution in [0.5, 0.6) is 0 Å². The molecule has 2 aromatic rings. The van der Waals surface area contributed by atoms with Crippen molar-refractivity contribution in [3.63, 3.8) is 0 Å². The molecular formula is C16H26N4. The number of anilines is 1. The highest BCUT2D eigenvalue weighted by atomic mass is 15.2. The van der Waals surface area contributed by atoms with Crippen LogP contribution in [0.4, 0.5) is 5.82 Å². The fraction of sp³-hybridized carbons (Fsp3) is 0.562. The molecule has 2 aromatic heterocycles. The van der Waals surface area contributed by atoms with Gasteiger partial charge in [-0.1, -0.05) is 19.9 Å². The predicted octanol–water partition coefficient (Wildman–Crippen LogP) is 2.93. The minimum atomic E-state index is 0.658. The third-order valence-electron chi connectivity index (χ3n) is 3.52. The van der Waals surface area contributed by atoms with Gasteiger partial charge in [0.15, 0.2) is 5.82 Å². The Kier molecular flexibility index (Phi) is 5.01. The van der Waals surface area contributed by atoms with Gasteiger partial charge in [-0.25, -0.2) is 4.98 Å². The number of rotatable bonds is 7. The fourth-order valence-corrected chi connectivity index (χ4v) is 2.45. The van der Waals surface area contributed by atoms with Gasteiger partial charge < -0.3 is 14.6 Å². The third kappa shape index (κ3) is 3.12. The third-order valence-corrected chi connectivity index (χ3v) is 3.52. The normalized spacial score (nSPS) is 11.4. The van der Waals surface area contributed by atoms with Crippen LogP contribution in [0, 0.1) is 5.92 Å². The van der Waals surface area contributed by atoms with Crippen molar-refractivity contribution in [1.82, 2.24) is 14.7 Å². The van der Waals surface area contributed by atoms with Gasteiger partial charge in [0.25, 0.3) is 0 Å². The molecule has 0 amide bonds. The summed E-state index contributed by atoms with van der Waals surface area (Å²) in [5, 5.41) is 3.54. The van der Waals surface area contributed by atoms with Gasteiger partial charge in [-0.15, -0.1) is 0 Å². The van der Waals surface area contributed by atoms with E-state index >= 15 is 0 Å². The lowest BCUT2D eigenvalue weighted by Crippen LogP contribution is -2.26. The highest BCUT2D eigenvalue weighted by Crippen LogP contribution is 2.21. The number of nitrogens with zero attached hydrogens (tertiary/aromatic N) is 3. The molecule has 0 aliphatic carbocycles. The molecule has 4 heteroatoms. The van der Waals surface area contributed by atoms with Gasteiger partial charge in [0, 0.05) is 25.8 Å². The van der Waals surface area contributed by atoms with E-state index in [1.54, 1.807) is 0 Å². The molecule has 0 fully saturated rings. The van der Waals surface area contributed by atoms with Crippen molar-refractivity contribution >= 4 is 11.5 Å². The Morgan fingerprint density at radius 1 is 1.25 bits per heavy atom. The van der Waals surface area contributed by atoms with Gasteiger partial charge in [0.2, 0.25) is 0 Å². The van der Waals surface area contributed by atoms with E-state index in [2.05, 4.69) is 60.6 Å². The zero-order valence-corrected chi connectivity index (χ0v) is 13.1. The van der Waals surface area contributed by atoms with E-state index in [4.69, 9.17) is 4.98 Å². The van der Waals surface area contributed by atoms with Crippen molar-refractivity contribution < 1.29 is 0 Å². The molecule has 0 unspecified atom stereocenters. The maximum Gasteiger partial charge on any atom is 0.152 e. The van der Waals surface area contributed by atoms with Crippen molar-refractivity contribution in [2.45, 2.75) is 34.2 Å². The second-order valence-electron chi connectivity index (χ2n) is 5.51. The molecule has 0 atom stereocenters. The Labute approximate surface area is 121 Å². The summed E-state index contributed by atoms with van der Waals surface area (Å²) in [6.45, 7) is 12.7. The van der Waals surface area contributed by atoms with Crippen LogP contribution in [0.15, 0.2) is 24.4 Å². The van der Waals surface area contributed by atoms with E-state index in [0.29, 0.717) is 5.92 Å². The van der Waals surface area contributed by atoms with E-state index in [1.165, 1.54) is 5.69 Å². The zero-order valence-electron chi connectivity index (χ0n) is 13.1. The summed E-state index contributed by atoms with van der Waals surface area (Å²) >= 11 is 0. The highest BCUT2D eigenvalue weighted by Gasteiger charge is 2.15. The number of nitrogens with one attached hydrogen (secondary N) is 1. The molecule has 2 heterocycles. The molecule has 0 radical (unpaired) electrons. The van der Waals surface area contributed by atoms with Crippen LogP contribution in [-0.2, 0) is 6.54 Å². The number of fused-ring (bicyclic) bond motifs is 1. The first-order valence-electron chi connectivity index (χ1n) is 7.59. The fourth-order valence-electron chi connectivity index (χ4n) is 2.45. The van der Waals surface area contributed by atoms with Gasteiger partial charge >= 0.3 is 0 Å². The summed E-state index contributed by atoms with van der Waals surface area (Å²) in [5.41, 5.74) is 2.28. The summed E-state index contributed by atoms with van der Waals surface area (Å²) in [4.78, 5) is 7.12. The van der Waals surface area contributed by atoms with E-state index in [0.717, 1.165) is 37.6 Å². The summed E-state index contributed by atoms with van der Waals surface area (Å²) in [7, 11) is 0. The van der Waals surface area contributed by atoms with E-state index in [-0.39, 0.29) is 0 Å². The zero-order chi connectivity index (χ0) is 14.5. The second-order valence-corrected chi connectivity index (χ2v) is 5.51. The minimum Gasteiger partial charge on any atom is -0.356 e. The first kappa shape index (κ1) is 14.9. The molecule has 0 aliphatic rings. The molecule has 0 saturated carbocycles. The van der Waals surface area contributed by atoms with E-state index < -0.39 is 0 Å². The van der Waals surface area contributed by atoms with Crippen LogP contribution in [0.25, 0.3) is 5.65 Å². The average Bonchev–Trinajstić information content (AvgIpc) is 2.79. The smallest absolute Gasteiger partial charge is 0.152 e. The topological polar surface area (TPSA) is 32.6 Å². The molecule has 20 heavy (non-hydrogen) atoms. The summed E-state index contributed by atoms with van der Waals surface area (Å²) in [6.07, 6.45) is 2.10. The van der Waals surface area contributed by atoms with Crippen LogP contribution in [0.2, 0.25) is 0 Å². The monoisotopic (exact) mass is 274 g/mol. The van der Waals surface area contributed by atoms with Gasteiger partial charge in [0.1, 0.15) is 5.65 Å². The first-order valence-corrected chi connectivity index (χ1v) is 7.59. The Hall–Kier alpha value is -1.55. The van der Waals surface area contributed by atoms with Crippen molar-refractivity contribution in [1.29, 1.82) is 0 Å². The Bertz CT molecular complexity index is 540. The number of imidazole rings is 1. The van der Waals surface area contributed by atoms with Crippen molar-refractivity contribution in [3.8, 4) is 0 Å². The molecule has 0 saturated heterocycles. The first-order chi connectivity index (χ1) is 9.67. The molecule has 1 N–H and O–H groups in total. The Morgan fingerprint density at radius 2 is 2.00 bits per heavy atom. The maximum absolute atomic E-state index is 4.80. The molecule has 0 aliphatic heterocycles. The summed E-state index contributed by atoms with van der Waals surface area (Å²) in [6, 6.07) is 6.17. The van der Waals surface area contributed by atoms with Gasteiger partial charge in [-0.3, -0.25) is 0 Å². The summed E-state index contributed by atoms with van der Waals surface area (Å²) in [5.74, 6) is 1.77. The number of hydrogen-bond donors (Lipinski definition) is 1. The molecular weight excluding hydrogens is 248 g/mol. The van der Waals surface area contributed by atoms with Crippen molar-refractivity contribution in [2.24, 2.45) is 5.92 Å². The van der Waals surface area contributed by atoms with Crippen LogP contribution in [-0.4, -0.2) is 29.0 Å². The van der Waals surface area contributed by atoms with Gasteiger partial charge in [-0.2, -0.15) is 0 Å². The number of hydrogen-bond acceptors (Lipinski definition) is 3. The lowest BCUT2D eigenvalue weighted by molar-refractivity contribution is 0.546. The van der Waals surface area contributed by atoms with E-state index in [9.17, 15) is 0 Å². The van der Waals surface area contributed by atoms with Crippen LogP contribution in [0.1, 0.15) is 33.4 Å². The molecule has 2 rings (SSSR count). The number of pyridine rings is 1. The Balaban J connectivity index is 2.34. The lowest BCUT2D eigenvalue weighted by Gasteiger charge is -2.20. The number of aromatic nitrogens is 2. The van der Waals surface area contributed by atoms with Gasteiger partial charge in [0.05, 0.1) is 5.69 Å². The maximum atomic E-state index is 4.80. The highest BCUT2D eigenvalue weighted by molar-refractivity contribution is 5.55. The van der Waals surface area contributed by atoms with E-state index in [1.807, 2.05) is 6.07 Å². The SMILES string of the molecule is CCN(CC)c1nc2ccccn2c1CNCC(C)C. The van der Waals surface area contributed by atoms with Crippen molar-refractivity contribution in [2.75, 3.05) is 24.5 Å². The molecule has 0 aromatic carbocycles. The quantitative estimate of drug-likeness (QED) is 0.842. The van der Waals surface area contributed by atoms with Crippen LogP contribution >= 0.6 is 0 Å². The minimum absolute atomic E-state index is 0.658. The molecule has 4 nitrogen and oxygen atoms in total. The molecule has 0 bridgehead atoms. The molecule has 110 valence electrons. The largest absolute Gasteiger partial charge is 0.356 e. The standard InChI is InChI=1S/C16H26N4/c1-5-19(6-2)16-14(12-17-11-13(3)4)20-10-8-7-9-15(20)18-16/h7-10,13,17H,5-6,11-12H2,1-4H3. The summed E-state index contributed by atoms with van der Waals surface area (Å²) < 4.78 is 2.20. The van der Waals surface area contributed by atoms with Gasteiger partial charge in [-0.05, 0) is 38.4 Å². The second kappa shape index (κ2) is 6.75. The average molecular weight is 274 g/mol. The predicted molar refractivity (Wildman–Crippen MR) is 85.3 cm³/mol. The van der Waals surface area contributed by atoms with Crippen LogP contribution < -0.4 is 10.2 Å².